The van der Waals surface area contributed by atoms with Crippen LogP contribution in [0.4, 0.5) is 11.4 Å². The minimum Gasteiger partial charge on any atom is -0.363 e. The molecule has 3 aromatic carbocycles. The molecule has 1 aliphatic heterocycles. The van der Waals surface area contributed by atoms with Gasteiger partial charge in [0.25, 0.3) is 5.91 Å². The summed E-state index contributed by atoms with van der Waals surface area (Å²) < 4.78 is 25.5. The van der Waals surface area contributed by atoms with Crippen molar-refractivity contribution in [2.45, 2.75) is 18.0 Å². The largest absolute Gasteiger partial charge is 0.363 e. The first-order valence-corrected chi connectivity index (χ1v) is 11.0. The maximum absolute atomic E-state index is 12.6. The zero-order valence-corrected chi connectivity index (χ0v) is 17.7. The Balaban J connectivity index is 1.48. The molecule has 1 N–H and O–H groups in total. The first kappa shape index (κ1) is 20.1. The normalized spacial score (nSPS) is 13.4. The van der Waals surface area contributed by atoms with Crippen LogP contribution in [0.3, 0.4) is 0 Å². The van der Waals surface area contributed by atoms with Gasteiger partial charge in [0.2, 0.25) is 10.0 Å². The number of sulfonamides is 1. The smallest absolute Gasteiger partial charge is 0.255 e. The third-order valence-electron chi connectivity index (χ3n) is 5.21. The molecule has 30 heavy (non-hydrogen) atoms. The summed E-state index contributed by atoms with van der Waals surface area (Å²) in [6, 6.07) is 22.1. The fourth-order valence-corrected chi connectivity index (χ4v) is 4.39. The van der Waals surface area contributed by atoms with Crippen molar-refractivity contribution in [3.63, 3.8) is 0 Å². The first-order chi connectivity index (χ1) is 14.3. The van der Waals surface area contributed by atoms with Crippen molar-refractivity contribution in [2.75, 3.05) is 24.3 Å². The van der Waals surface area contributed by atoms with E-state index in [1.807, 2.05) is 36.4 Å². The maximum Gasteiger partial charge on any atom is 0.255 e. The molecule has 0 saturated heterocycles. The molecular weight excluding hydrogens is 398 g/mol. The van der Waals surface area contributed by atoms with E-state index in [0.717, 1.165) is 23.1 Å². The highest BCUT2D eigenvalue weighted by atomic mass is 32.2. The van der Waals surface area contributed by atoms with Crippen LogP contribution in [0.15, 0.2) is 77.7 Å². The van der Waals surface area contributed by atoms with E-state index in [0.29, 0.717) is 11.3 Å². The summed E-state index contributed by atoms with van der Waals surface area (Å²) >= 11 is 0. The Morgan fingerprint density at radius 1 is 0.900 bits per heavy atom. The molecule has 0 unspecified atom stereocenters. The number of rotatable bonds is 5. The number of fused-ring (bicyclic) bond motifs is 1. The quantitative estimate of drug-likeness (QED) is 0.682. The highest BCUT2D eigenvalue weighted by molar-refractivity contribution is 7.89. The average Bonchev–Trinajstić information content (AvgIpc) is 3.18. The van der Waals surface area contributed by atoms with Crippen LogP contribution < -0.4 is 10.2 Å². The molecule has 0 saturated carbocycles. The van der Waals surface area contributed by atoms with E-state index in [1.165, 1.54) is 49.5 Å². The number of nitrogens with one attached hydrogen (secondary N) is 1. The topological polar surface area (TPSA) is 69.7 Å². The zero-order chi connectivity index (χ0) is 21.3. The van der Waals surface area contributed by atoms with Crippen molar-refractivity contribution >= 4 is 27.3 Å². The van der Waals surface area contributed by atoms with E-state index in [-0.39, 0.29) is 10.8 Å². The number of hydrogen-bond acceptors (Lipinski definition) is 4. The number of amides is 1. The summed E-state index contributed by atoms with van der Waals surface area (Å²) in [6.45, 7) is 1.69. The van der Waals surface area contributed by atoms with E-state index in [9.17, 15) is 13.2 Å². The molecule has 7 heteroatoms. The van der Waals surface area contributed by atoms with Gasteiger partial charge in [-0.1, -0.05) is 30.3 Å². The summed E-state index contributed by atoms with van der Waals surface area (Å²) in [5.74, 6) is -0.286. The second-order valence-electron chi connectivity index (χ2n) is 7.44. The number of nitrogens with zero attached hydrogens (tertiary/aromatic N) is 2. The van der Waals surface area contributed by atoms with Crippen LogP contribution in [-0.2, 0) is 23.1 Å². The van der Waals surface area contributed by atoms with Crippen molar-refractivity contribution in [2.24, 2.45) is 0 Å². The van der Waals surface area contributed by atoms with E-state index in [4.69, 9.17) is 0 Å². The second-order valence-corrected chi connectivity index (χ2v) is 9.59. The van der Waals surface area contributed by atoms with Gasteiger partial charge in [-0.15, -0.1) is 0 Å². The van der Waals surface area contributed by atoms with E-state index in [1.54, 1.807) is 0 Å². The van der Waals surface area contributed by atoms with Crippen LogP contribution in [0.1, 0.15) is 21.5 Å². The van der Waals surface area contributed by atoms with Crippen molar-refractivity contribution in [1.82, 2.24) is 4.31 Å². The van der Waals surface area contributed by atoms with Crippen LogP contribution in [0, 0.1) is 0 Å². The second kappa shape index (κ2) is 7.93. The number of carbonyl (C=O) groups is 1. The number of carbonyl (C=O) groups excluding carboxylic acids is 1. The fraction of sp³-hybridized carbons (Fsp3) is 0.174. The summed E-state index contributed by atoms with van der Waals surface area (Å²) in [4.78, 5) is 15.1. The van der Waals surface area contributed by atoms with Crippen LogP contribution in [0.25, 0.3) is 0 Å². The molecule has 0 fully saturated rings. The van der Waals surface area contributed by atoms with Crippen molar-refractivity contribution < 1.29 is 13.2 Å². The molecular formula is C23H23N3O3S. The molecule has 154 valence electrons. The molecule has 0 aliphatic carbocycles. The number of hydrogen-bond donors (Lipinski definition) is 1. The highest BCUT2D eigenvalue weighted by Crippen LogP contribution is 2.29. The SMILES string of the molecule is CN(C)S(=O)(=O)c1ccc(C(=O)Nc2cccc(N3Cc4ccccc4C3)c2)cc1. The van der Waals surface area contributed by atoms with E-state index in [2.05, 4.69) is 22.3 Å². The van der Waals surface area contributed by atoms with E-state index >= 15 is 0 Å². The molecule has 0 aromatic heterocycles. The molecule has 0 radical (unpaired) electrons. The summed E-state index contributed by atoms with van der Waals surface area (Å²) in [5, 5.41) is 2.90. The van der Waals surface area contributed by atoms with Crippen LogP contribution in [0.5, 0.6) is 0 Å². The number of anilines is 2. The standard InChI is InChI=1S/C23H23N3O3S/c1-25(2)30(28,29)22-12-10-17(11-13-22)23(27)24-20-8-5-9-21(14-20)26-15-18-6-3-4-7-19(18)16-26/h3-14H,15-16H2,1-2H3,(H,24,27). The van der Waals surface area contributed by atoms with Crippen LogP contribution in [-0.4, -0.2) is 32.7 Å². The van der Waals surface area contributed by atoms with Crippen molar-refractivity contribution in [3.05, 3.63) is 89.5 Å². The first-order valence-electron chi connectivity index (χ1n) is 9.60. The Bertz CT molecular complexity index is 1160. The minimum atomic E-state index is -3.52. The van der Waals surface area contributed by atoms with Gasteiger partial charge in [-0.3, -0.25) is 4.79 Å². The summed E-state index contributed by atoms with van der Waals surface area (Å²) in [6.07, 6.45) is 0. The van der Waals surface area contributed by atoms with Crippen LogP contribution in [0.2, 0.25) is 0 Å². The van der Waals surface area contributed by atoms with Gasteiger partial charge in [0.1, 0.15) is 0 Å². The van der Waals surface area contributed by atoms with E-state index < -0.39 is 10.0 Å². The predicted molar refractivity (Wildman–Crippen MR) is 118 cm³/mol. The lowest BCUT2D eigenvalue weighted by molar-refractivity contribution is 0.102. The van der Waals surface area contributed by atoms with Gasteiger partial charge >= 0.3 is 0 Å². The van der Waals surface area contributed by atoms with Gasteiger partial charge in [0.15, 0.2) is 0 Å². The predicted octanol–water partition coefficient (Wildman–Crippen LogP) is 3.71. The van der Waals surface area contributed by atoms with Gasteiger partial charge in [0.05, 0.1) is 4.90 Å². The Morgan fingerprint density at radius 2 is 1.53 bits per heavy atom. The third kappa shape index (κ3) is 3.94. The monoisotopic (exact) mass is 421 g/mol. The molecule has 3 aromatic rings. The molecule has 0 atom stereocenters. The Kier molecular flexibility index (Phi) is 5.32. The van der Waals surface area contributed by atoms with Crippen LogP contribution >= 0.6 is 0 Å². The minimum absolute atomic E-state index is 0.152. The molecule has 6 nitrogen and oxygen atoms in total. The highest BCUT2D eigenvalue weighted by Gasteiger charge is 2.20. The molecule has 1 heterocycles. The maximum atomic E-state index is 12.6. The third-order valence-corrected chi connectivity index (χ3v) is 7.03. The van der Waals surface area contributed by atoms with Crippen molar-refractivity contribution in [1.29, 1.82) is 0 Å². The molecule has 1 aliphatic rings. The Morgan fingerprint density at radius 3 is 2.13 bits per heavy atom. The molecule has 4 rings (SSSR count). The van der Waals surface area contributed by atoms with Gasteiger partial charge in [-0.2, -0.15) is 0 Å². The Labute approximate surface area is 176 Å². The lowest BCUT2D eigenvalue weighted by Gasteiger charge is -2.19. The average molecular weight is 422 g/mol. The lowest BCUT2D eigenvalue weighted by Crippen LogP contribution is -2.22. The summed E-state index contributed by atoms with van der Waals surface area (Å²) in [7, 11) is -0.572. The zero-order valence-electron chi connectivity index (χ0n) is 16.9. The fourth-order valence-electron chi connectivity index (χ4n) is 3.49. The van der Waals surface area contributed by atoms with Crippen molar-refractivity contribution in [3.8, 4) is 0 Å². The summed E-state index contributed by atoms with van der Waals surface area (Å²) in [5.41, 5.74) is 4.76. The van der Waals surface area contributed by atoms with Gasteiger partial charge in [-0.05, 0) is 53.6 Å². The lowest BCUT2D eigenvalue weighted by atomic mass is 10.1. The number of benzene rings is 3. The molecule has 0 spiro atoms. The Hall–Kier alpha value is -3.16. The van der Waals surface area contributed by atoms with Gasteiger partial charge in [0, 0.05) is 44.1 Å². The molecule has 0 bridgehead atoms. The van der Waals surface area contributed by atoms with Gasteiger partial charge < -0.3 is 10.2 Å². The van der Waals surface area contributed by atoms with Gasteiger partial charge in [-0.25, -0.2) is 12.7 Å². The molecule has 1 amide bonds.